The van der Waals surface area contributed by atoms with Crippen molar-refractivity contribution in [3.05, 3.63) is 65.2 Å². The van der Waals surface area contributed by atoms with Crippen molar-refractivity contribution >= 4 is 21.9 Å². The predicted octanol–water partition coefficient (Wildman–Crippen LogP) is 3.45. The Morgan fingerprint density at radius 3 is 2.13 bits per heavy atom. The molecule has 2 aromatic rings. The fourth-order valence-electron chi connectivity index (χ4n) is 3.82. The van der Waals surface area contributed by atoms with Gasteiger partial charge in [-0.3, -0.25) is 4.79 Å². The molecule has 1 fully saturated rings. The molecule has 1 saturated heterocycles. The van der Waals surface area contributed by atoms with Crippen LogP contribution < -0.4 is 5.32 Å². The third-order valence-corrected chi connectivity index (χ3v) is 7.48. The second-order valence-corrected chi connectivity index (χ2v) is 11.4. The molecular weight excluding hydrogens is 523 g/mol. The number of carbonyl (C=O) groups is 2. The molecule has 2 N–H and O–H groups in total. The molecule has 1 aliphatic rings. The van der Waals surface area contributed by atoms with Crippen molar-refractivity contribution in [1.29, 1.82) is 0 Å². The topological polar surface area (TPSA) is 107 Å². The van der Waals surface area contributed by atoms with E-state index in [0.29, 0.717) is 19.0 Å². The zero-order chi connectivity index (χ0) is 28.5. The summed E-state index contributed by atoms with van der Waals surface area (Å²) >= 11 is 0. The van der Waals surface area contributed by atoms with E-state index in [0.717, 1.165) is 36.2 Å². The number of nitrogens with zero attached hydrogens (tertiary/aromatic N) is 2. The molecule has 2 aromatic carbocycles. The summed E-state index contributed by atoms with van der Waals surface area (Å²) in [4.78, 5) is 23.8. The first-order valence-electron chi connectivity index (χ1n) is 12.1. The van der Waals surface area contributed by atoms with Gasteiger partial charge in [-0.05, 0) is 42.5 Å². The van der Waals surface area contributed by atoms with Gasteiger partial charge >= 0.3 is 12.1 Å². The molecule has 0 aromatic heterocycles. The lowest BCUT2D eigenvalue weighted by Gasteiger charge is -2.30. The molecule has 12 heteroatoms. The Labute approximate surface area is 221 Å². The maximum Gasteiger partial charge on any atom is 0.490 e. The average molecular weight is 558 g/mol. The number of hydrogen-bond donors (Lipinski definition) is 2. The largest absolute Gasteiger partial charge is 0.490 e. The van der Waals surface area contributed by atoms with Gasteiger partial charge in [0.05, 0.1) is 11.4 Å². The number of carboxylic acid groups (broad SMARTS) is 1. The highest BCUT2D eigenvalue weighted by Gasteiger charge is 2.38. The summed E-state index contributed by atoms with van der Waals surface area (Å²) in [5, 5.41) is 10.3. The van der Waals surface area contributed by atoms with Crippen LogP contribution in [0, 0.1) is 12.8 Å². The van der Waals surface area contributed by atoms with Crippen LogP contribution in [-0.4, -0.2) is 73.5 Å². The fourth-order valence-corrected chi connectivity index (χ4v) is 5.20. The number of benzene rings is 2. The lowest BCUT2D eigenvalue weighted by molar-refractivity contribution is -0.192. The van der Waals surface area contributed by atoms with Gasteiger partial charge in [0.15, 0.2) is 0 Å². The van der Waals surface area contributed by atoms with E-state index in [1.165, 1.54) is 4.31 Å². The number of aryl methyl sites for hydroxylation is 1. The molecule has 0 radical (unpaired) electrons. The highest BCUT2D eigenvalue weighted by molar-refractivity contribution is 7.89. The second kappa shape index (κ2) is 13.7. The number of halogens is 3. The van der Waals surface area contributed by atoms with Crippen molar-refractivity contribution in [2.75, 3.05) is 32.7 Å². The molecule has 0 saturated carbocycles. The summed E-state index contributed by atoms with van der Waals surface area (Å²) in [5.74, 6) is -2.42. The Kier molecular flexibility index (Phi) is 11.3. The lowest BCUT2D eigenvalue weighted by Crippen LogP contribution is -2.50. The third kappa shape index (κ3) is 9.73. The van der Waals surface area contributed by atoms with Gasteiger partial charge in [0.1, 0.15) is 0 Å². The number of rotatable bonds is 8. The highest BCUT2D eigenvalue weighted by Crippen LogP contribution is 2.21. The van der Waals surface area contributed by atoms with Crippen molar-refractivity contribution in [1.82, 2.24) is 14.5 Å². The van der Waals surface area contributed by atoms with Crippen molar-refractivity contribution in [2.45, 2.75) is 44.8 Å². The molecule has 1 amide bonds. The first-order chi connectivity index (χ1) is 17.7. The average Bonchev–Trinajstić information content (AvgIpc) is 2.84. The van der Waals surface area contributed by atoms with Gasteiger partial charge in [-0.1, -0.05) is 55.8 Å². The number of piperazine rings is 1. The SMILES string of the molecule is Cc1cccc(CN(CC(=O)N2CCNCC2)S(=O)(=O)c2ccc(CC(C)C)cc2)c1.O=C(O)C(F)(F)F. The number of hydrogen-bond acceptors (Lipinski definition) is 5. The first-order valence-corrected chi connectivity index (χ1v) is 13.6. The minimum absolute atomic E-state index is 0.158. The quantitative estimate of drug-likeness (QED) is 0.515. The fraction of sp³-hybridized carbons (Fsp3) is 0.462. The van der Waals surface area contributed by atoms with Crippen LogP contribution in [0.1, 0.15) is 30.5 Å². The van der Waals surface area contributed by atoms with Gasteiger partial charge in [-0.25, -0.2) is 13.2 Å². The maximum absolute atomic E-state index is 13.5. The number of nitrogens with one attached hydrogen (secondary N) is 1. The van der Waals surface area contributed by atoms with Crippen LogP contribution in [0.5, 0.6) is 0 Å². The van der Waals surface area contributed by atoms with Gasteiger partial charge in [0.25, 0.3) is 0 Å². The van der Waals surface area contributed by atoms with Crippen LogP contribution in [0.2, 0.25) is 0 Å². The zero-order valence-electron chi connectivity index (χ0n) is 21.7. The Balaban J connectivity index is 0.000000638. The van der Waals surface area contributed by atoms with E-state index >= 15 is 0 Å². The smallest absolute Gasteiger partial charge is 0.475 e. The Hall–Kier alpha value is -2.96. The Morgan fingerprint density at radius 1 is 1.05 bits per heavy atom. The Bertz CT molecular complexity index is 1180. The minimum atomic E-state index is -5.08. The molecule has 0 aliphatic carbocycles. The number of carbonyl (C=O) groups excluding carboxylic acids is 1. The van der Waals surface area contributed by atoms with E-state index in [-0.39, 0.29) is 23.9 Å². The summed E-state index contributed by atoms with van der Waals surface area (Å²) in [6.07, 6.45) is -4.19. The zero-order valence-corrected chi connectivity index (χ0v) is 22.5. The summed E-state index contributed by atoms with van der Waals surface area (Å²) in [6.45, 7) is 8.90. The summed E-state index contributed by atoms with van der Waals surface area (Å²) in [5.41, 5.74) is 3.03. The molecule has 0 atom stereocenters. The number of aliphatic carboxylic acids is 1. The molecule has 210 valence electrons. The van der Waals surface area contributed by atoms with Crippen LogP contribution in [0.25, 0.3) is 0 Å². The number of sulfonamides is 1. The van der Waals surface area contributed by atoms with Crippen LogP contribution in [0.3, 0.4) is 0 Å². The van der Waals surface area contributed by atoms with E-state index < -0.39 is 22.2 Å². The highest BCUT2D eigenvalue weighted by atomic mass is 32.2. The lowest BCUT2D eigenvalue weighted by atomic mass is 10.0. The number of alkyl halides is 3. The molecule has 3 rings (SSSR count). The first kappa shape index (κ1) is 31.3. The second-order valence-electron chi connectivity index (χ2n) is 9.44. The third-order valence-electron chi connectivity index (χ3n) is 5.67. The normalized spacial score (nSPS) is 14.3. The van der Waals surface area contributed by atoms with Crippen LogP contribution in [0.4, 0.5) is 13.2 Å². The molecule has 0 unspecified atom stereocenters. The van der Waals surface area contributed by atoms with Gasteiger partial charge in [0, 0.05) is 32.7 Å². The van der Waals surface area contributed by atoms with Crippen LogP contribution in [-0.2, 0) is 32.6 Å². The van der Waals surface area contributed by atoms with Gasteiger partial charge < -0.3 is 15.3 Å². The number of carboxylic acids is 1. The summed E-state index contributed by atoms with van der Waals surface area (Å²) in [6, 6.07) is 14.8. The van der Waals surface area contributed by atoms with Crippen molar-refractivity contribution < 1.29 is 36.3 Å². The molecule has 1 heterocycles. The van der Waals surface area contributed by atoms with E-state index in [2.05, 4.69) is 19.2 Å². The van der Waals surface area contributed by atoms with E-state index in [4.69, 9.17) is 9.90 Å². The van der Waals surface area contributed by atoms with Gasteiger partial charge in [-0.2, -0.15) is 17.5 Å². The molecule has 0 spiro atoms. The Morgan fingerprint density at radius 2 is 1.63 bits per heavy atom. The van der Waals surface area contributed by atoms with Gasteiger partial charge in [0.2, 0.25) is 15.9 Å². The summed E-state index contributed by atoms with van der Waals surface area (Å²) < 4.78 is 60.1. The minimum Gasteiger partial charge on any atom is -0.475 e. The summed E-state index contributed by atoms with van der Waals surface area (Å²) in [7, 11) is -3.82. The monoisotopic (exact) mass is 557 g/mol. The molecule has 1 aliphatic heterocycles. The van der Waals surface area contributed by atoms with Gasteiger partial charge in [-0.15, -0.1) is 0 Å². The molecule has 0 bridgehead atoms. The van der Waals surface area contributed by atoms with Crippen molar-refractivity contribution in [3.8, 4) is 0 Å². The van der Waals surface area contributed by atoms with E-state index in [1.807, 2.05) is 43.3 Å². The standard InChI is InChI=1S/C24H33N3O3S.C2HF3O2/c1-19(2)15-21-7-9-23(10-8-21)31(29,30)27(17-22-6-4-5-20(3)16-22)18-24(28)26-13-11-25-12-14-26;3-2(4,5)1(6)7/h4-10,16,19,25H,11-15,17-18H2,1-3H3;(H,6,7). The molecular formula is C26H34F3N3O5S. The van der Waals surface area contributed by atoms with E-state index in [1.54, 1.807) is 17.0 Å². The van der Waals surface area contributed by atoms with Crippen LogP contribution >= 0.6 is 0 Å². The number of amides is 1. The molecule has 8 nitrogen and oxygen atoms in total. The maximum atomic E-state index is 13.5. The van der Waals surface area contributed by atoms with Crippen LogP contribution in [0.15, 0.2) is 53.4 Å². The predicted molar refractivity (Wildman–Crippen MR) is 137 cm³/mol. The molecule has 38 heavy (non-hydrogen) atoms. The van der Waals surface area contributed by atoms with E-state index in [9.17, 15) is 26.4 Å². The van der Waals surface area contributed by atoms with Crippen molar-refractivity contribution in [3.63, 3.8) is 0 Å². The van der Waals surface area contributed by atoms with Crippen molar-refractivity contribution in [2.24, 2.45) is 5.92 Å².